The molecule has 4 aromatic heterocycles. The van der Waals surface area contributed by atoms with Crippen LogP contribution in [-0.4, -0.2) is 173 Å². The number of carbonyl (C=O) groups is 2. The highest BCUT2D eigenvalue weighted by Gasteiger charge is 2.39. The first kappa shape index (κ1) is 104. The molecule has 7 heterocycles. The lowest BCUT2D eigenvalue weighted by Crippen LogP contribution is -2.26. The molecule has 3 aliphatic rings. The molecule has 18 aromatic rings. The standard InChI is InChI=1S/C16H11ClO5.C16H12O6.C16H14O5.C15H9ClO5.C15H14O7.C15H12O6.C15H10O6/c1-21-9-4-2-8(3-5-9)11-7-22-16-10(14(11)19)6-12(18)15(20)13(16)17;1-21-9-4-2-8(3-5-9)10-7-22-12-6-11(17)15(19)16(20)13(12)14(10)18;1-8-14(19)13(18)6-11-15(20)12(7-21-16(8)11)9-2-4-10(17)5-3-9;16-12-14(20)11(18)5-9-13(19)10(6-21-15(9)12)7-1-3-8(17)4-2-7;16-9-2-1-6(14(20)15(9)21)8-5-22-12-4-11(18)10(17)3-7(12)13(8)19;2*16-8-3-1-7(2-4-8)9-6-21-11-5-10(17)14(19)15(20)12(11)13(9)18/h2-7,18,20H,1H3;2-7,17,19-20H,1H3;2-6,12,17-19H,7H2,1H3;1-6,17-18,20H;1-4,8,13,16-21H,5H2;1-5,9,16-17,19-20H,6H2;1-6,16-17,19-20H. The van der Waals surface area contributed by atoms with Gasteiger partial charge in [-0.1, -0.05) is 102 Å². The predicted molar refractivity (Wildman–Crippen MR) is 536 cm³/mol. The number of aliphatic hydroxyl groups is 1. The van der Waals surface area contributed by atoms with Gasteiger partial charge >= 0.3 is 0 Å². The van der Waals surface area contributed by atoms with Gasteiger partial charge in [-0.05, 0) is 143 Å². The summed E-state index contributed by atoms with van der Waals surface area (Å²) in [7, 11) is 3.09. The molecule has 3 aliphatic heterocycles. The average molecular weight is 2090 g/mol. The Morgan fingerprint density at radius 2 is 0.653 bits per heavy atom. The topological polar surface area (TPSA) is 707 Å². The van der Waals surface area contributed by atoms with Crippen LogP contribution in [0.2, 0.25) is 10.0 Å². The Morgan fingerprint density at radius 1 is 0.300 bits per heavy atom. The first-order valence-corrected chi connectivity index (χ1v) is 44.6. The Balaban J connectivity index is 0.000000131. The minimum atomic E-state index is -1.13. The van der Waals surface area contributed by atoms with Crippen molar-refractivity contribution < 1.29 is 179 Å². The van der Waals surface area contributed by atoms with E-state index >= 15 is 0 Å². The summed E-state index contributed by atoms with van der Waals surface area (Å²) >= 11 is 11.7. The van der Waals surface area contributed by atoms with Crippen LogP contribution in [0.3, 0.4) is 0 Å². The molecular weight excluding hydrogens is 2010 g/mol. The van der Waals surface area contributed by atoms with Gasteiger partial charge in [-0.25, -0.2) is 0 Å². The Morgan fingerprint density at radius 3 is 1.09 bits per heavy atom. The summed E-state index contributed by atoms with van der Waals surface area (Å²) in [5.74, 6) is -11.5. The average Bonchev–Trinajstić information content (AvgIpc) is 0.789. The van der Waals surface area contributed by atoms with Gasteiger partial charge in [0.25, 0.3) is 0 Å². The van der Waals surface area contributed by atoms with Gasteiger partial charge in [-0.3, -0.25) is 28.8 Å². The number of phenolic OH excluding ortho intramolecular Hbond substituents is 24. The number of phenols is 24. The predicted octanol–water partition coefficient (Wildman–Crippen LogP) is 17.4. The summed E-state index contributed by atoms with van der Waals surface area (Å²) in [6.45, 7) is 1.76. The molecule has 0 spiro atoms. The number of ketones is 2. The van der Waals surface area contributed by atoms with Crippen molar-refractivity contribution in [2.24, 2.45) is 0 Å². The van der Waals surface area contributed by atoms with E-state index < -0.39 is 144 Å². The fraction of sp³-hybridized carbons (Fsp3) is 0.0926. The summed E-state index contributed by atoms with van der Waals surface area (Å²) in [4.78, 5) is 75.0. The molecule has 0 saturated carbocycles. The molecule has 42 heteroatoms. The van der Waals surface area contributed by atoms with E-state index in [1.54, 1.807) is 99.0 Å². The molecule has 4 atom stereocenters. The van der Waals surface area contributed by atoms with Crippen LogP contribution in [-0.2, 0) is 0 Å². The van der Waals surface area contributed by atoms with Crippen molar-refractivity contribution in [3.63, 3.8) is 0 Å². The van der Waals surface area contributed by atoms with Crippen molar-refractivity contribution in [1.82, 2.24) is 0 Å². The largest absolute Gasteiger partial charge is 0.508 e. The molecule has 0 fully saturated rings. The van der Waals surface area contributed by atoms with Gasteiger partial charge in [0.1, 0.15) is 128 Å². The van der Waals surface area contributed by atoms with E-state index in [4.69, 9.17) is 64.6 Å². The second-order valence-electron chi connectivity index (χ2n) is 33.2. The van der Waals surface area contributed by atoms with Gasteiger partial charge in [0, 0.05) is 41.0 Å². The van der Waals surface area contributed by atoms with Crippen LogP contribution in [0.4, 0.5) is 0 Å². The van der Waals surface area contributed by atoms with Crippen LogP contribution in [0, 0.1) is 6.92 Å². The number of halogens is 2. The Hall–Kier alpha value is -20.0. The van der Waals surface area contributed by atoms with Gasteiger partial charge < -0.3 is 169 Å². The molecule has 0 amide bonds. The van der Waals surface area contributed by atoms with E-state index in [2.05, 4.69) is 0 Å². The quantitative estimate of drug-likeness (QED) is 0.0597. The van der Waals surface area contributed by atoms with Gasteiger partial charge in [0.15, 0.2) is 115 Å². The van der Waals surface area contributed by atoms with Crippen molar-refractivity contribution >= 4 is 78.6 Å². The van der Waals surface area contributed by atoms with Gasteiger partial charge in [0.2, 0.25) is 44.7 Å². The molecule has 0 aliphatic carbocycles. The smallest absolute Gasteiger partial charge is 0.204 e. The second-order valence-corrected chi connectivity index (χ2v) is 34.0. The number of benzene rings is 14. The van der Waals surface area contributed by atoms with E-state index in [0.717, 1.165) is 35.9 Å². The van der Waals surface area contributed by atoms with Crippen molar-refractivity contribution in [2.75, 3.05) is 34.0 Å². The zero-order valence-corrected chi connectivity index (χ0v) is 78.9. The summed E-state index contributed by atoms with van der Waals surface area (Å²) in [6, 6.07) is 49.5. The number of aromatic hydroxyl groups is 24. The van der Waals surface area contributed by atoms with E-state index in [-0.39, 0.29) is 176 Å². The number of carbonyl (C=O) groups excluding carboxylic acids is 2. The lowest BCUT2D eigenvalue weighted by molar-refractivity contribution is 0.0868. The zero-order valence-electron chi connectivity index (χ0n) is 77.4. The van der Waals surface area contributed by atoms with Crippen molar-refractivity contribution in [3.8, 4) is 211 Å². The summed E-state index contributed by atoms with van der Waals surface area (Å²) in [5.41, 5.74) is 3.55. The summed E-state index contributed by atoms with van der Waals surface area (Å²) in [5, 5.41) is 239. The third kappa shape index (κ3) is 20.7. The number of Topliss-reactive ketones (excluding diaryl/α,β-unsaturated/α-hetero) is 2. The number of hydrogen-bond donors (Lipinski definition) is 25. The number of fused-ring (bicyclic) bond motifs is 7. The van der Waals surface area contributed by atoms with Crippen molar-refractivity contribution in [3.05, 3.63) is 321 Å². The molecule has 0 saturated heterocycles. The minimum Gasteiger partial charge on any atom is -0.508 e. The Kier molecular flexibility index (Phi) is 29.8. The van der Waals surface area contributed by atoms with Gasteiger partial charge in [0.05, 0.1) is 83.3 Å². The van der Waals surface area contributed by atoms with Crippen molar-refractivity contribution in [2.45, 2.75) is 30.8 Å². The molecule has 40 nitrogen and oxygen atoms in total. The zero-order chi connectivity index (χ0) is 108. The third-order valence-electron chi connectivity index (χ3n) is 24.1. The lowest BCUT2D eigenvalue weighted by Gasteiger charge is -2.31. The molecule has 14 aromatic carbocycles. The molecule has 4 unspecified atom stereocenters. The maximum atomic E-state index is 12.6. The molecule has 150 heavy (non-hydrogen) atoms. The second kappa shape index (κ2) is 42.9. The normalized spacial score (nSPS) is 14.0. The molecule has 0 radical (unpaired) electrons. The third-order valence-corrected chi connectivity index (χ3v) is 24.8. The highest BCUT2D eigenvalue weighted by atomic mass is 35.5. The number of hydrogen-bond acceptors (Lipinski definition) is 40. The van der Waals surface area contributed by atoms with E-state index in [1.807, 2.05) is 0 Å². The highest BCUT2D eigenvalue weighted by Crippen LogP contribution is 2.53. The fourth-order valence-electron chi connectivity index (χ4n) is 16.0. The fourth-order valence-corrected chi connectivity index (χ4v) is 16.4. The van der Waals surface area contributed by atoms with E-state index in [9.17, 15) is 156 Å². The van der Waals surface area contributed by atoms with Gasteiger partial charge in [-0.2, -0.15) is 0 Å². The van der Waals surface area contributed by atoms with Crippen LogP contribution in [0.15, 0.2) is 268 Å². The SMILES string of the molecule is COc1ccc(-c2coc3c(Cl)c(O)c(O)cc3c2=O)cc1.COc1ccc(-c2coc3cc(O)c(O)c(O)c3c2=O)cc1.Cc1c(O)c(O)cc2c1OCC(c1ccc(O)cc1)C2=O.O=C1c2c(cc(O)c(O)c2O)OCC1c1ccc(O)cc1.O=c1c(-c2ccc(O)cc2)coc2c(Cl)c(O)c(O)cc12.O=c1c(-c2ccc(O)cc2)coc2cc(O)c(O)c(O)c12.Oc1cc2c(cc1O)C(O)C(c1ccc(O)c(O)c1O)CO2. The molecule has 768 valence electrons. The van der Waals surface area contributed by atoms with Crippen molar-refractivity contribution in [1.29, 1.82) is 0 Å². The maximum Gasteiger partial charge on any atom is 0.204 e. The van der Waals surface area contributed by atoms with Gasteiger partial charge in [-0.15, -0.1) is 0 Å². The lowest BCUT2D eigenvalue weighted by atomic mass is 9.86. The van der Waals surface area contributed by atoms with Crippen LogP contribution in [0.5, 0.6) is 167 Å². The molecule has 25 N–H and O–H groups in total. The van der Waals surface area contributed by atoms with Crippen LogP contribution >= 0.6 is 23.2 Å². The summed E-state index contributed by atoms with van der Waals surface area (Å²) in [6.07, 6.45) is 3.79. The first-order chi connectivity index (χ1) is 71.4. The maximum absolute atomic E-state index is 12.6. The molecular formula is C108H82Cl2O40. The monoisotopic (exact) mass is 2090 g/mol. The minimum absolute atomic E-state index is 0.000468. The van der Waals surface area contributed by atoms with E-state index in [1.165, 1.54) is 123 Å². The number of ether oxygens (including phenoxy) is 5. The van der Waals surface area contributed by atoms with Crippen LogP contribution < -0.4 is 45.4 Å². The highest BCUT2D eigenvalue weighted by molar-refractivity contribution is 6.37. The van der Waals surface area contributed by atoms with Crippen LogP contribution in [0.1, 0.15) is 72.4 Å². The number of methoxy groups -OCH3 is 2. The Bertz CT molecular complexity index is 8580. The van der Waals surface area contributed by atoms with Crippen LogP contribution in [0.25, 0.3) is 88.4 Å². The summed E-state index contributed by atoms with van der Waals surface area (Å²) < 4.78 is 47.8. The molecule has 0 bridgehead atoms. The number of rotatable bonds is 9. The van der Waals surface area contributed by atoms with E-state index in [0.29, 0.717) is 56.2 Å². The number of aliphatic hydroxyl groups excluding tert-OH is 1. The Labute approximate surface area is 850 Å². The first-order valence-electron chi connectivity index (χ1n) is 43.8. The molecule has 21 rings (SSSR count).